The summed E-state index contributed by atoms with van der Waals surface area (Å²) in [6.07, 6.45) is 4.70. The van der Waals surface area contributed by atoms with Crippen molar-refractivity contribution in [1.82, 2.24) is 25.0 Å². The third kappa shape index (κ3) is 5.37. The first-order chi connectivity index (χ1) is 19.3. The highest BCUT2D eigenvalue weighted by atomic mass is 35.5. The van der Waals surface area contributed by atoms with Crippen molar-refractivity contribution < 1.29 is 13.2 Å². The third-order valence-electron chi connectivity index (χ3n) is 8.47. The number of fused-ring (bicyclic) bond motifs is 1. The van der Waals surface area contributed by atoms with Crippen LogP contribution in [0.1, 0.15) is 42.2 Å². The Morgan fingerprint density at radius 3 is 2.40 bits per heavy atom. The molecular weight excluding hydrogens is 548 g/mol. The average Bonchev–Trinajstić information content (AvgIpc) is 3.64. The molecule has 3 N–H and O–H groups in total. The van der Waals surface area contributed by atoms with Crippen LogP contribution in [0.4, 0.5) is 0 Å². The molecule has 212 valence electrons. The van der Waals surface area contributed by atoms with Crippen LogP contribution in [-0.4, -0.2) is 91.7 Å². The zero-order chi connectivity index (χ0) is 27.9. The van der Waals surface area contributed by atoms with Gasteiger partial charge in [0.05, 0.1) is 6.54 Å². The van der Waals surface area contributed by atoms with E-state index < -0.39 is 15.2 Å². The first kappa shape index (κ1) is 27.3. The van der Waals surface area contributed by atoms with Crippen LogP contribution in [0.2, 0.25) is 5.02 Å². The Balaban J connectivity index is 1.25. The zero-order valence-electron chi connectivity index (χ0n) is 22.4. The highest BCUT2D eigenvalue weighted by Crippen LogP contribution is 2.34. The molecule has 0 bridgehead atoms. The number of halogens is 1. The van der Waals surface area contributed by atoms with Crippen LogP contribution in [0.5, 0.6) is 0 Å². The largest absolute Gasteiger partial charge is 0.356 e. The second-order valence-corrected chi connectivity index (χ2v) is 13.4. The van der Waals surface area contributed by atoms with Gasteiger partial charge in [0.2, 0.25) is 15.7 Å². The first-order valence-corrected chi connectivity index (χ1v) is 15.9. The van der Waals surface area contributed by atoms with E-state index >= 15 is 0 Å². The summed E-state index contributed by atoms with van der Waals surface area (Å²) in [5, 5.41) is 11.9. The molecule has 0 aliphatic carbocycles. The number of aromatic amines is 1. The number of amidine groups is 1. The number of hydrogen-bond donors (Lipinski definition) is 3. The summed E-state index contributed by atoms with van der Waals surface area (Å²) in [6.45, 7) is 4.86. The number of hydrogen-bond acceptors (Lipinski definition) is 6. The number of aromatic nitrogens is 1. The quantitative estimate of drug-likeness (QED) is 0.302. The van der Waals surface area contributed by atoms with Crippen molar-refractivity contribution in [1.29, 1.82) is 5.41 Å². The van der Waals surface area contributed by atoms with Crippen molar-refractivity contribution >= 4 is 44.1 Å². The van der Waals surface area contributed by atoms with Crippen molar-refractivity contribution in [2.24, 2.45) is 0 Å². The standard InChI is InChI=1S/C29H35ClN6O3S/c30-23-7-8-25-22(17-23)18-27(33-25)40(38,39)29(36-16-11-32-26(37)19-36)21-5-3-20(4-6-21)28(31)35-14-9-24(10-15-35)34-12-1-2-13-34/h3-8,17-18,24,29,31,33H,1-2,9-16,19H2,(H,32,37). The number of nitrogens with zero attached hydrogens (tertiary/aromatic N) is 3. The number of carbonyl (C=O) groups excluding carboxylic acids is 1. The lowest BCUT2D eigenvalue weighted by Gasteiger charge is -2.38. The van der Waals surface area contributed by atoms with Crippen LogP contribution in [-0.2, 0) is 14.6 Å². The lowest BCUT2D eigenvalue weighted by molar-refractivity contribution is -0.124. The van der Waals surface area contributed by atoms with Gasteiger partial charge in [0, 0.05) is 53.7 Å². The average molecular weight is 583 g/mol. The summed E-state index contributed by atoms with van der Waals surface area (Å²) in [5.74, 6) is 0.265. The van der Waals surface area contributed by atoms with Crippen LogP contribution in [0, 0.1) is 5.41 Å². The molecule has 9 nitrogen and oxygen atoms in total. The number of carbonyl (C=O) groups is 1. The SMILES string of the molecule is N=C(c1ccc(C(N2CCNC(=O)C2)S(=O)(=O)c2cc3cc(Cl)ccc3[nH]2)cc1)N1CCC(N2CCCC2)CC1. The maximum Gasteiger partial charge on any atom is 0.234 e. The van der Waals surface area contributed by atoms with Gasteiger partial charge >= 0.3 is 0 Å². The molecule has 0 spiro atoms. The van der Waals surface area contributed by atoms with Crippen LogP contribution in [0.25, 0.3) is 10.9 Å². The Bertz CT molecular complexity index is 1510. The normalized spacial score (nSPS) is 20.6. The van der Waals surface area contributed by atoms with Gasteiger partial charge in [0.15, 0.2) is 0 Å². The monoisotopic (exact) mass is 582 g/mol. The molecule has 0 saturated carbocycles. The van der Waals surface area contributed by atoms with Gasteiger partial charge in [0.25, 0.3) is 0 Å². The summed E-state index contributed by atoms with van der Waals surface area (Å²) in [4.78, 5) is 21.7. The maximum absolute atomic E-state index is 14.1. The van der Waals surface area contributed by atoms with E-state index in [0.29, 0.717) is 46.5 Å². The van der Waals surface area contributed by atoms with Crippen molar-refractivity contribution in [3.05, 3.63) is 64.7 Å². The lowest BCUT2D eigenvalue weighted by atomic mass is 10.0. The van der Waals surface area contributed by atoms with Gasteiger partial charge in [-0.3, -0.25) is 15.1 Å². The van der Waals surface area contributed by atoms with Gasteiger partial charge in [-0.15, -0.1) is 0 Å². The van der Waals surface area contributed by atoms with Gasteiger partial charge in [-0.25, -0.2) is 8.42 Å². The summed E-state index contributed by atoms with van der Waals surface area (Å²) < 4.78 is 28.2. The molecule has 1 aromatic heterocycles. The first-order valence-electron chi connectivity index (χ1n) is 14.0. The second-order valence-electron chi connectivity index (χ2n) is 11.0. The molecule has 6 rings (SSSR count). The fraction of sp³-hybridized carbons (Fsp3) is 0.448. The smallest absolute Gasteiger partial charge is 0.234 e. The topological polar surface area (TPSA) is 113 Å². The minimum absolute atomic E-state index is 0.0144. The van der Waals surface area contributed by atoms with Crippen LogP contribution in [0.3, 0.4) is 0 Å². The Labute approximate surface area is 239 Å². The van der Waals surface area contributed by atoms with Crippen LogP contribution >= 0.6 is 11.6 Å². The van der Waals surface area contributed by atoms with Crippen molar-refractivity contribution in [2.75, 3.05) is 45.8 Å². The molecule has 3 aliphatic heterocycles. The molecule has 3 saturated heterocycles. The lowest BCUT2D eigenvalue weighted by Crippen LogP contribution is -2.50. The fourth-order valence-electron chi connectivity index (χ4n) is 6.34. The van der Waals surface area contributed by atoms with E-state index in [0.717, 1.165) is 31.5 Å². The predicted octanol–water partition coefficient (Wildman–Crippen LogP) is 3.61. The highest BCUT2D eigenvalue weighted by molar-refractivity contribution is 7.91. The van der Waals surface area contributed by atoms with E-state index in [2.05, 4.69) is 20.1 Å². The molecule has 3 aliphatic rings. The van der Waals surface area contributed by atoms with E-state index in [-0.39, 0.29) is 17.5 Å². The van der Waals surface area contributed by atoms with Crippen molar-refractivity contribution in [3.8, 4) is 0 Å². The Hall–Kier alpha value is -2.92. The number of piperidine rings is 1. The van der Waals surface area contributed by atoms with Crippen molar-refractivity contribution in [2.45, 2.75) is 42.1 Å². The van der Waals surface area contributed by atoms with Crippen molar-refractivity contribution in [3.63, 3.8) is 0 Å². The number of likely N-dealkylation sites (tertiary alicyclic amines) is 2. The number of nitrogens with one attached hydrogen (secondary N) is 3. The molecule has 2 aromatic carbocycles. The molecule has 1 atom stereocenters. The van der Waals surface area contributed by atoms with Gasteiger partial charge in [-0.2, -0.15) is 0 Å². The number of H-pyrrole nitrogens is 1. The molecule has 3 aromatic rings. The number of amides is 1. The predicted molar refractivity (Wildman–Crippen MR) is 156 cm³/mol. The maximum atomic E-state index is 14.1. The highest BCUT2D eigenvalue weighted by Gasteiger charge is 2.38. The van der Waals surface area contributed by atoms with Gasteiger partial charge in [-0.1, -0.05) is 35.9 Å². The second kappa shape index (κ2) is 11.2. The summed E-state index contributed by atoms with van der Waals surface area (Å²) in [5.41, 5.74) is 2.00. The Morgan fingerprint density at radius 1 is 0.975 bits per heavy atom. The summed E-state index contributed by atoms with van der Waals surface area (Å²) in [6, 6.07) is 14.7. The minimum Gasteiger partial charge on any atom is -0.356 e. The van der Waals surface area contributed by atoms with Crippen LogP contribution in [0.15, 0.2) is 53.6 Å². The van der Waals surface area contributed by atoms with E-state index in [4.69, 9.17) is 17.0 Å². The molecular formula is C29H35ClN6O3S. The summed E-state index contributed by atoms with van der Waals surface area (Å²) >= 11 is 6.13. The minimum atomic E-state index is -3.94. The fourth-order valence-corrected chi connectivity index (χ4v) is 8.40. The molecule has 11 heteroatoms. The number of sulfone groups is 1. The third-order valence-corrected chi connectivity index (χ3v) is 10.7. The number of benzene rings is 2. The Kier molecular flexibility index (Phi) is 7.60. The van der Waals surface area contributed by atoms with E-state index in [1.807, 2.05) is 12.1 Å². The summed E-state index contributed by atoms with van der Waals surface area (Å²) in [7, 11) is -3.94. The van der Waals surface area contributed by atoms with Gasteiger partial charge in [-0.05, 0) is 68.6 Å². The van der Waals surface area contributed by atoms with E-state index in [1.165, 1.54) is 25.9 Å². The number of piperazine rings is 1. The molecule has 0 radical (unpaired) electrons. The molecule has 1 unspecified atom stereocenters. The Morgan fingerprint density at radius 2 is 1.70 bits per heavy atom. The molecule has 40 heavy (non-hydrogen) atoms. The van der Waals surface area contributed by atoms with E-state index in [1.54, 1.807) is 41.3 Å². The number of rotatable bonds is 6. The van der Waals surface area contributed by atoms with Gasteiger partial charge < -0.3 is 20.1 Å². The molecule has 1 amide bonds. The molecule has 4 heterocycles. The zero-order valence-corrected chi connectivity index (χ0v) is 24.0. The van der Waals surface area contributed by atoms with Gasteiger partial charge in [0.1, 0.15) is 16.2 Å². The van der Waals surface area contributed by atoms with E-state index in [9.17, 15) is 13.2 Å². The van der Waals surface area contributed by atoms with Crippen LogP contribution < -0.4 is 5.32 Å². The molecule has 3 fully saturated rings.